The number of aryl methyl sites for hydroxylation is 1. The van der Waals surface area contributed by atoms with E-state index in [1.54, 1.807) is 37.3 Å². The highest BCUT2D eigenvalue weighted by molar-refractivity contribution is 6.31. The normalized spacial score (nSPS) is 17.3. The molecule has 12 nitrogen and oxygen atoms in total. The highest BCUT2D eigenvalue weighted by Crippen LogP contribution is 2.33. The molecule has 0 saturated carbocycles. The fourth-order valence-corrected chi connectivity index (χ4v) is 4.75. The van der Waals surface area contributed by atoms with E-state index in [0.29, 0.717) is 54.7 Å². The van der Waals surface area contributed by atoms with Gasteiger partial charge in [0.05, 0.1) is 36.6 Å². The number of amides is 4. The summed E-state index contributed by atoms with van der Waals surface area (Å²) in [6.07, 6.45) is 2.85. The number of anilines is 1. The first-order valence-electron chi connectivity index (χ1n) is 12.0. The van der Waals surface area contributed by atoms with Gasteiger partial charge in [0.25, 0.3) is 17.5 Å². The minimum Gasteiger partial charge on any atom is -0.467 e. The van der Waals surface area contributed by atoms with Crippen LogP contribution < -0.4 is 10.2 Å². The van der Waals surface area contributed by atoms with Crippen molar-refractivity contribution in [2.75, 3.05) is 31.2 Å². The Labute approximate surface area is 217 Å². The molecule has 0 aliphatic carbocycles. The van der Waals surface area contributed by atoms with Crippen LogP contribution in [0.2, 0.25) is 0 Å². The number of carbonyl (C=O) groups is 3. The number of rotatable bonds is 6. The zero-order chi connectivity index (χ0) is 27.0. The summed E-state index contributed by atoms with van der Waals surface area (Å²) >= 11 is 0. The van der Waals surface area contributed by atoms with Crippen LogP contribution in [0.3, 0.4) is 0 Å². The molecule has 2 fully saturated rings. The molecule has 0 unspecified atom stereocenters. The number of barbiturate groups is 1. The molecule has 5 rings (SSSR count). The van der Waals surface area contributed by atoms with Crippen LogP contribution in [0.25, 0.3) is 11.8 Å². The van der Waals surface area contributed by atoms with E-state index in [0.717, 1.165) is 10.6 Å². The third-order valence-corrected chi connectivity index (χ3v) is 6.62. The largest absolute Gasteiger partial charge is 0.467 e. The van der Waals surface area contributed by atoms with Gasteiger partial charge in [-0.25, -0.2) is 4.79 Å². The molecule has 4 amide bonds. The summed E-state index contributed by atoms with van der Waals surface area (Å²) in [5.41, 5.74) is 2.84. The van der Waals surface area contributed by atoms with Crippen molar-refractivity contribution in [3.63, 3.8) is 0 Å². The van der Waals surface area contributed by atoms with E-state index in [1.165, 1.54) is 18.4 Å². The number of imide groups is 2. The summed E-state index contributed by atoms with van der Waals surface area (Å²) in [7, 11) is 0. The van der Waals surface area contributed by atoms with Crippen molar-refractivity contribution in [2.45, 2.75) is 20.4 Å². The molecule has 1 N–H and O–H groups in total. The lowest BCUT2D eigenvalue weighted by Gasteiger charge is -2.28. The Kier molecular flexibility index (Phi) is 6.55. The fourth-order valence-electron chi connectivity index (χ4n) is 4.75. The Hall–Kier alpha value is -4.71. The van der Waals surface area contributed by atoms with Crippen LogP contribution in [-0.4, -0.2) is 58.5 Å². The predicted molar refractivity (Wildman–Crippen MR) is 136 cm³/mol. The molecule has 2 aliphatic rings. The van der Waals surface area contributed by atoms with E-state index in [2.05, 4.69) is 5.32 Å². The van der Waals surface area contributed by atoms with Crippen molar-refractivity contribution in [1.82, 2.24) is 14.8 Å². The van der Waals surface area contributed by atoms with Gasteiger partial charge in [-0.15, -0.1) is 0 Å². The SMILES string of the molecule is Cc1cc(/C=C2\C(=O)NC(=O)N(Cc3ccco3)C2=O)c(C)n1-c1ccc(N2CCOCC2)c([N+](=O)[O-])c1. The van der Waals surface area contributed by atoms with Gasteiger partial charge < -0.3 is 18.6 Å². The van der Waals surface area contributed by atoms with E-state index in [1.807, 2.05) is 16.4 Å². The Balaban J connectivity index is 1.49. The highest BCUT2D eigenvalue weighted by atomic mass is 16.6. The van der Waals surface area contributed by atoms with Crippen molar-refractivity contribution in [1.29, 1.82) is 0 Å². The summed E-state index contributed by atoms with van der Waals surface area (Å²) in [6, 6.07) is 9.25. The van der Waals surface area contributed by atoms with Gasteiger partial charge in [-0.2, -0.15) is 0 Å². The molecule has 196 valence electrons. The molecule has 38 heavy (non-hydrogen) atoms. The van der Waals surface area contributed by atoms with Crippen molar-refractivity contribution in [3.05, 3.63) is 81.1 Å². The molecule has 0 atom stereocenters. The van der Waals surface area contributed by atoms with Crippen LogP contribution in [0.5, 0.6) is 0 Å². The van der Waals surface area contributed by atoms with Crippen LogP contribution in [0, 0.1) is 24.0 Å². The van der Waals surface area contributed by atoms with Gasteiger partial charge in [0.2, 0.25) is 0 Å². The number of hydrogen-bond donors (Lipinski definition) is 1. The first-order valence-corrected chi connectivity index (χ1v) is 12.0. The van der Waals surface area contributed by atoms with Crippen LogP contribution in [-0.2, 0) is 20.9 Å². The predicted octanol–water partition coefficient (Wildman–Crippen LogP) is 3.09. The number of nitro groups is 1. The number of nitro benzene ring substituents is 1. The maximum atomic E-state index is 13.1. The fraction of sp³-hybridized carbons (Fsp3) is 0.269. The molecule has 2 saturated heterocycles. The van der Waals surface area contributed by atoms with E-state index in [4.69, 9.17) is 9.15 Å². The number of furan rings is 1. The molecule has 3 aromatic rings. The lowest BCUT2D eigenvalue weighted by molar-refractivity contribution is -0.384. The average molecular weight is 520 g/mol. The third-order valence-electron chi connectivity index (χ3n) is 6.62. The first-order chi connectivity index (χ1) is 18.2. The minimum absolute atomic E-state index is 0.0225. The van der Waals surface area contributed by atoms with Gasteiger partial charge in [-0.3, -0.25) is 29.9 Å². The molecule has 0 bridgehead atoms. The number of carbonyl (C=O) groups excluding carboxylic acids is 3. The Morgan fingerprint density at radius 1 is 1.11 bits per heavy atom. The van der Waals surface area contributed by atoms with Crippen LogP contribution in [0.15, 0.2) is 52.7 Å². The van der Waals surface area contributed by atoms with Crippen molar-refractivity contribution < 1.29 is 28.5 Å². The molecular weight excluding hydrogens is 494 g/mol. The summed E-state index contributed by atoms with van der Waals surface area (Å²) in [5, 5.41) is 14.1. The lowest BCUT2D eigenvalue weighted by Crippen LogP contribution is -2.53. The van der Waals surface area contributed by atoms with Crippen molar-refractivity contribution in [2.24, 2.45) is 0 Å². The molecule has 1 aromatic carbocycles. The summed E-state index contributed by atoms with van der Waals surface area (Å²) in [5.74, 6) is -1.15. The van der Waals surface area contributed by atoms with Crippen LogP contribution in [0.1, 0.15) is 22.7 Å². The number of nitrogens with zero attached hydrogens (tertiary/aromatic N) is 4. The van der Waals surface area contributed by atoms with Crippen LogP contribution >= 0.6 is 0 Å². The number of hydrogen-bond acceptors (Lipinski definition) is 8. The van der Waals surface area contributed by atoms with Crippen molar-refractivity contribution >= 4 is 35.3 Å². The van der Waals surface area contributed by atoms with Crippen LogP contribution in [0.4, 0.5) is 16.2 Å². The van der Waals surface area contributed by atoms with Gasteiger partial charge in [0, 0.05) is 30.5 Å². The number of nitrogens with one attached hydrogen (secondary N) is 1. The maximum Gasteiger partial charge on any atom is 0.331 e. The number of morpholine rings is 1. The summed E-state index contributed by atoms with van der Waals surface area (Å²) in [6.45, 7) is 5.63. The Morgan fingerprint density at radius 2 is 1.87 bits per heavy atom. The Morgan fingerprint density at radius 3 is 2.55 bits per heavy atom. The van der Waals surface area contributed by atoms with Gasteiger partial charge in [-0.05, 0) is 55.8 Å². The molecule has 4 heterocycles. The van der Waals surface area contributed by atoms with Gasteiger partial charge in [-0.1, -0.05) is 0 Å². The number of urea groups is 1. The number of ether oxygens (including phenoxy) is 1. The highest BCUT2D eigenvalue weighted by Gasteiger charge is 2.36. The molecule has 0 radical (unpaired) electrons. The second-order valence-electron chi connectivity index (χ2n) is 8.98. The smallest absolute Gasteiger partial charge is 0.331 e. The quantitative estimate of drug-likeness (QED) is 0.227. The maximum absolute atomic E-state index is 13.1. The lowest BCUT2D eigenvalue weighted by atomic mass is 10.1. The van der Waals surface area contributed by atoms with E-state index < -0.39 is 22.8 Å². The summed E-state index contributed by atoms with van der Waals surface area (Å²) in [4.78, 5) is 52.4. The van der Waals surface area contributed by atoms with Gasteiger partial charge >= 0.3 is 6.03 Å². The second kappa shape index (κ2) is 9.98. The molecule has 2 aromatic heterocycles. The Bertz CT molecular complexity index is 1470. The molecular formula is C26H25N5O7. The number of benzene rings is 1. The first kappa shape index (κ1) is 25.0. The van der Waals surface area contributed by atoms with Crippen molar-refractivity contribution in [3.8, 4) is 5.69 Å². The van der Waals surface area contributed by atoms with E-state index in [9.17, 15) is 24.5 Å². The topological polar surface area (TPSA) is 140 Å². The van der Waals surface area contributed by atoms with Gasteiger partial charge in [0.15, 0.2) is 0 Å². The van der Waals surface area contributed by atoms with E-state index in [-0.39, 0.29) is 17.8 Å². The summed E-state index contributed by atoms with van der Waals surface area (Å²) < 4.78 is 12.4. The monoisotopic (exact) mass is 519 g/mol. The minimum atomic E-state index is -0.827. The van der Waals surface area contributed by atoms with E-state index >= 15 is 0 Å². The molecule has 12 heteroatoms. The zero-order valence-electron chi connectivity index (χ0n) is 20.8. The zero-order valence-corrected chi connectivity index (χ0v) is 20.8. The second-order valence-corrected chi connectivity index (χ2v) is 8.98. The number of aromatic nitrogens is 1. The third kappa shape index (κ3) is 4.57. The van der Waals surface area contributed by atoms with Gasteiger partial charge in [0.1, 0.15) is 17.0 Å². The molecule has 2 aliphatic heterocycles. The molecule has 0 spiro atoms. The standard InChI is InChI=1S/C26H25N5O7/c1-16-12-18(13-21-24(32)27-26(34)29(25(21)33)15-20-4-3-9-38-20)17(2)30(16)19-5-6-22(23(14-19)31(35)36)28-7-10-37-11-8-28/h3-6,9,12-14H,7-8,10-11,15H2,1-2H3,(H,27,32,34)/b21-13+. The average Bonchev–Trinajstić information content (AvgIpc) is 3.51.